The van der Waals surface area contributed by atoms with Gasteiger partial charge in [-0.25, -0.2) is 0 Å². The summed E-state index contributed by atoms with van der Waals surface area (Å²) >= 11 is 0. The fourth-order valence-corrected chi connectivity index (χ4v) is 2.55. The van der Waals surface area contributed by atoms with Crippen molar-refractivity contribution in [2.75, 3.05) is 6.54 Å². The molecule has 3 heteroatoms. The summed E-state index contributed by atoms with van der Waals surface area (Å²) in [7, 11) is 0. The molecule has 0 aromatic carbocycles. The van der Waals surface area contributed by atoms with Crippen LogP contribution in [-0.4, -0.2) is 23.3 Å². The Hall–Kier alpha value is -0.860. The zero-order chi connectivity index (χ0) is 13.2. The third-order valence-electron chi connectivity index (χ3n) is 3.70. The van der Waals surface area contributed by atoms with E-state index >= 15 is 0 Å². The van der Waals surface area contributed by atoms with E-state index in [4.69, 9.17) is 0 Å². The molecule has 0 N–H and O–H groups in total. The highest BCUT2D eigenvalue weighted by molar-refractivity contribution is 5.94. The average Bonchev–Trinajstić information content (AvgIpc) is 2.33. The van der Waals surface area contributed by atoms with Gasteiger partial charge in [-0.1, -0.05) is 51.4 Å². The van der Waals surface area contributed by atoms with E-state index in [0.717, 1.165) is 25.7 Å². The molecule has 1 aliphatic rings. The highest BCUT2D eigenvalue weighted by Crippen LogP contribution is 2.14. The van der Waals surface area contributed by atoms with Gasteiger partial charge in [0.05, 0.1) is 0 Å². The lowest BCUT2D eigenvalue weighted by Gasteiger charge is -2.19. The molecule has 3 nitrogen and oxygen atoms in total. The van der Waals surface area contributed by atoms with E-state index in [2.05, 4.69) is 0 Å². The number of imide groups is 1. The minimum absolute atomic E-state index is 0.0274. The first kappa shape index (κ1) is 15.2. The largest absolute Gasteiger partial charge is 0.283 e. The standard InChI is InChI=1S/C15H27NO2/c1-14(17)16-13-11-9-7-5-3-2-4-6-8-10-12-15(16)18/h2-13H2,1H3. The van der Waals surface area contributed by atoms with Crippen LogP contribution in [0.2, 0.25) is 0 Å². The first-order chi connectivity index (χ1) is 8.72. The summed E-state index contributed by atoms with van der Waals surface area (Å²) in [6.45, 7) is 2.12. The lowest BCUT2D eigenvalue weighted by atomic mass is 10.0. The molecule has 0 saturated carbocycles. The van der Waals surface area contributed by atoms with Gasteiger partial charge in [-0.05, 0) is 12.8 Å². The van der Waals surface area contributed by atoms with E-state index in [0.29, 0.717) is 13.0 Å². The molecular formula is C15H27NO2. The van der Waals surface area contributed by atoms with Crippen LogP contribution in [0.4, 0.5) is 0 Å². The van der Waals surface area contributed by atoms with E-state index < -0.39 is 0 Å². The van der Waals surface area contributed by atoms with Gasteiger partial charge in [0.25, 0.3) is 0 Å². The van der Waals surface area contributed by atoms with Crippen LogP contribution in [0.15, 0.2) is 0 Å². The number of rotatable bonds is 0. The zero-order valence-electron chi connectivity index (χ0n) is 11.7. The van der Waals surface area contributed by atoms with Crippen LogP contribution in [0.25, 0.3) is 0 Å². The number of nitrogens with zero attached hydrogens (tertiary/aromatic N) is 1. The Morgan fingerprint density at radius 2 is 1.28 bits per heavy atom. The van der Waals surface area contributed by atoms with E-state index in [1.807, 2.05) is 0 Å². The molecule has 18 heavy (non-hydrogen) atoms. The van der Waals surface area contributed by atoms with Crippen LogP contribution in [0.1, 0.15) is 77.6 Å². The van der Waals surface area contributed by atoms with Crippen molar-refractivity contribution in [2.24, 2.45) is 0 Å². The SMILES string of the molecule is CC(=O)N1CCCCCCCCCCCCC1=O. The number of hydrogen-bond donors (Lipinski definition) is 0. The van der Waals surface area contributed by atoms with Crippen LogP contribution < -0.4 is 0 Å². The number of carbonyl (C=O) groups excluding carboxylic acids is 2. The quantitative estimate of drug-likeness (QED) is 0.660. The molecule has 0 radical (unpaired) electrons. The Morgan fingerprint density at radius 3 is 1.78 bits per heavy atom. The van der Waals surface area contributed by atoms with Crippen molar-refractivity contribution in [1.29, 1.82) is 0 Å². The first-order valence-electron chi connectivity index (χ1n) is 7.53. The molecule has 0 aromatic rings. The Morgan fingerprint density at radius 1 is 0.833 bits per heavy atom. The summed E-state index contributed by atoms with van der Waals surface area (Å²) in [5, 5.41) is 0. The third-order valence-corrected chi connectivity index (χ3v) is 3.70. The topological polar surface area (TPSA) is 37.4 Å². The van der Waals surface area contributed by atoms with Crippen molar-refractivity contribution in [3.05, 3.63) is 0 Å². The summed E-state index contributed by atoms with van der Waals surface area (Å²) in [4.78, 5) is 24.8. The van der Waals surface area contributed by atoms with Crippen LogP contribution in [-0.2, 0) is 9.59 Å². The highest BCUT2D eigenvalue weighted by Gasteiger charge is 2.16. The van der Waals surface area contributed by atoms with E-state index in [-0.39, 0.29) is 11.8 Å². The van der Waals surface area contributed by atoms with Crippen LogP contribution in [0.3, 0.4) is 0 Å². The minimum Gasteiger partial charge on any atom is -0.283 e. The van der Waals surface area contributed by atoms with Crippen molar-refractivity contribution < 1.29 is 9.59 Å². The molecule has 1 heterocycles. The van der Waals surface area contributed by atoms with Crippen molar-refractivity contribution in [3.63, 3.8) is 0 Å². The third kappa shape index (κ3) is 6.18. The normalized spacial score (nSPS) is 21.4. The van der Waals surface area contributed by atoms with Gasteiger partial charge in [-0.15, -0.1) is 0 Å². The van der Waals surface area contributed by atoms with Gasteiger partial charge in [0.2, 0.25) is 11.8 Å². The fourth-order valence-electron chi connectivity index (χ4n) is 2.55. The lowest BCUT2D eigenvalue weighted by molar-refractivity contribution is -0.143. The smallest absolute Gasteiger partial charge is 0.229 e. The molecule has 104 valence electrons. The Labute approximate surface area is 111 Å². The van der Waals surface area contributed by atoms with Gasteiger partial charge in [0.15, 0.2) is 0 Å². The summed E-state index contributed by atoms with van der Waals surface area (Å²) in [5.41, 5.74) is 0. The monoisotopic (exact) mass is 253 g/mol. The van der Waals surface area contributed by atoms with Crippen LogP contribution in [0, 0.1) is 0 Å². The number of hydrogen-bond acceptors (Lipinski definition) is 2. The lowest BCUT2D eigenvalue weighted by Crippen LogP contribution is -2.35. The maximum atomic E-state index is 11.9. The van der Waals surface area contributed by atoms with Gasteiger partial charge in [-0.2, -0.15) is 0 Å². The fraction of sp³-hybridized carbons (Fsp3) is 0.867. The molecule has 1 rings (SSSR count). The Bertz CT molecular complexity index is 263. The van der Waals surface area contributed by atoms with Crippen LogP contribution >= 0.6 is 0 Å². The van der Waals surface area contributed by atoms with Crippen LogP contribution in [0.5, 0.6) is 0 Å². The predicted octanol–water partition coefficient (Wildman–Crippen LogP) is 3.67. The highest BCUT2D eigenvalue weighted by atomic mass is 16.2. The molecule has 1 saturated heterocycles. The minimum atomic E-state index is -0.0907. The molecule has 0 spiro atoms. The van der Waals surface area contributed by atoms with Gasteiger partial charge >= 0.3 is 0 Å². The van der Waals surface area contributed by atoms with Crippen molar-refractivity contribution in [2.45, 2.75) is 77.6 Å². The summed E-state index contributed by atoms with van der Waals surface area (Å²) in [6.07, 6.45) is 12.4. The zero-order valence-corrected chi connectivity index (χ0v) is 11.7. The van der Waals surface area contributed by atoms with E-state index in [9.17, 15) is 9.59 Å². The number of amides is 2. The van der Waals surface area contributed by atoms with Crippen molar-refractivity contribution in [3.8, 4) is 0 Å². The van der Waals surface area contributed by atoms with Gasteiger partial charge in [-0.3, -0.25) is 14.5 Å². The Kier molecular flexibility index (Phi) is 7.70. The second-order valence-electron chi connectivity index (χ2n) is 5.35. The molecule has 0 atom stereocenters. The molecule has 1 fully saturated rings. The van der Waals surface area contributed by atoms with E-state index in [1.54, 1.807) is 0 Å². The summed E-state index contributed by atoms with van der Waals surface area (Å²) in [5.74, 6) is -0.0633. The molecular weight excluding hydrogens is 226 g/mol. The van der Waals surface area contributed by atoms with Crippen molar-refractivity contribution >= 4 is 11.8 Å². The summed E-state index contributed by atoms with van der Waals surface area (Å²) in [6, 6.07) is 0. The maximum Gasteiger partial charge on any atom is 0.229 e. The second kappa shape index (κ2) is 9.12. The maximum absolute atomic E-state index is 11.9. The predicted molar refractivity (Wildman–Crippen MR) is 73.2 cm³/mol. The average molecular weight is 253 g/mol. The molecule has 0 aromatic heterocycles. The van der Waals surface area contributed by atoms with Gasteiger partial charge in [0, 0.05) is 19.9 Å². The Balaban J connectivity index is 2.42. The summed E-state index contributed by atoms with van der Waals surface area (Å²) < 4.78 is 0. The number of carbonyl (C=O) groups is 2. The van der Waals surface area contributed by atoms with E-state index in [1.165, 1.54) is 50.3 Å². The molecule has 0 bridgehead atoms. The molecule has 1 aliphatic heterocycles. The first-order valence-corrected chi connectivity index (χ1v) is 7.53. The second-order valence-corrected chi connectivity index (χ2v) is 5.35. The molecule has 0 aliphatic carbocycles. The molecule has 2 amide bonds. The molecule has 0 unspecified atom stereocenters. The van der Waals surface area contributed by atoms with Gasteiger partial charge < -0.3 is 0 Å². The van der Waals surface area contributed by atoms with Gasteiger partial charge in [0.1, 0.15) is 0 Å². The van der Waals surface area contributed by atoms with Crippen molar-refractivity contribution in [1.82, 2.24) is 4.90 Å².